The van der Waals surface area contributed by atoms with E-state index < -0.39 is 0 Å². The lowest BCUT2D eigenvalue weighted by molar-refractivity contribution is 0.892. The van der Waals surface area contributed by atoms with Crippen LogP contribution in [0.4, 0.5) is 0 Å². The molecule has 0 aliphatic heterocycles. The largest absolute Gasteiger partial charge is 0.113 e. The minimum absolute atomic E-state index is 0. The van der Waals surface area contributed by atoms with Gasteiger partial charge in [-0.3, -0.25) is 0 Å². The first-order chi connectivity index (χ1) is 3.27. The Morgan fingerprint density at radius 3 is 1.88 bits per heavy atom. The molecule has 0 heterocycles. The lowest BCUT2D eigenvalue weighted by Crippen LogP contribution is -1.77. The molecule has 0 atom stereocenters. The summed E-state index contributed by atoms with van der Waals surface area (Å²) in [6.45, 7) is 6.93. The topological polar surface area (TPSA) is 0 Å². The molecule has 0 radical (unpaired) electrons. The first-order valence-corrected chi connectivity index (χ1v) is 5.34. The molecule has 8 heavy (non-hydrogen) atoms. The van der Waals surface area contributed by atoms with Crippen LogP contribution in [0.15, 0.2) is 0 Å². The van der Waals surface area contributed by atoms with Gasteiger partial charge in [0.2, 0.25) is 0 Å². The Labute approximate surface area is 56.4 Å². The quantitative estimate of drug-likeness (QED) is 0.401. The number of hydrogen-bond donors (Lipinski definition) is 0. The van der Waals surface area contributed by atoms with E-state index in [-0.39, 0.29) is 8.41 Å². The van der Waals surface area contributed by atoms with Gasteiger partial charge in [0.05, 0.1) is 8.41 Å². The Hall–Kier alpha value is 0.495. The average molecular weight is 132 g/mol. The molecule has 50 valence electrons. The van der Waals surface area contributed by atoms with E-state index in [4.69, 9.17) is 0 Å². The third kappa shape index (κ3) is 9.71. The molecule has 0 saturated carbocycles. The molecule has 0 bridgehead atoms. The van der Waals surface area contributed by atoms with Crippen LogP contribution in [0, 0.1) is 0 Å². The van der Waals surface area contributed by atoms with E-state index in [1.165, 1.54) is 19.0 Å². The monoisotopic (exact) mass is 132 g/mol. The van der Waals surface area contributed by atoms with Gasteiger partial charge in [-0.25, -0.2) is 0 Å². The van der Waals surface area contributed by atoms with Crippen molar-refractivity contribution in [3.8, 4) is 0 Å². The summed E-state index contributed by atoms with van der Waals surface area (Å²) in [7, 11) is 0.394. The fourth-order valence-electron chi connectivity index (χ4n) is 0.474. The van der Waals surface area contributed by atoms with Gasteiger partial charge in [0.15, 0.2) is 0 Å². The lowest BCUT2D eigenvalue weighted by Gasteiger charge is -2.00. The van der Waals surface area contributed by atoms with Crippen molar-refractivity contribution in [2.24, 2.45) is 0 Å². The minimum Gasteiger partial charge on any atom is -0.113 e. The van der Waals surface area contributed by atoms with E-state index in [1.54, 1.807) is 0 Å². The zero-order valence-electron chi connectivity index (χ0n) is 5.57. The highest BCUT2D eigenvalue weighted by atomic mass is 31.1. The number of hydrogen-bond acceptors (Lipinski definition) is 0. The molecule has 0 saturated heterocycles. The standard InChI is InChI=1S/C6H15P.BH3/c1-4-5-6-7(2)3;/h4-6H2,1-3H3;1H3. The fraction of sp³-hybridized carbons (Fsp3) is 1.00. The van der Waals surface area contributed by atoms with Crippen LogP contribution in [-0.4, -0.2) is 27.9 Å². The molecule has 0 nitrogen and oxygen atoms in total. The maximum absolute atomic E-state index is 2.34. The van der Waals surface area contributed by atoms with Crippen LogP contribution in [0.5, 0.6) is 0 Å². The Morgan fingerprint density at radius 2 is 1.75 bits per heavy atom. The maximum Gasteiger partial charge on any atom is 0.0814 e. The molecular weight excluding hydrogens is 114 g/mol. The van der Waals surface area contributed by atoms with Crippen molar-refractivity contribution in [1.29, 1.82) is 0 Å². The third-order valence-corrected chi connectivity index (χ3v) is 2.17. The zero-order chi connectivity index (χ0) is 5.70. The van der Waals surface area contributed by atoms with Crippen molar-refractivity contribution in [2.75, 3.05) is 19.5 Å². The summed E-state index contributed by atoms with van der Waals surface area (Å²) in [5.74, 6) is 0. The van der Waals surface area contributed by atoms with Crippen molar-refractivity contribution in [2.45, 2.75) is 19.8 Å². The summed E-state index contributed by atoms with van der Waals surface area (Å²) in [6, 6.07) is 0. The van der Waals surface area contributed by atoms with Crippen LogP contribution in [0.2, 0.25) is 0 Å². The van der Waals surface area contributed by atoms with E-state index in [2.05, 4.69) is 20.3 Å². The van der Waals surface area contributed by atoms with Gasteiger partial charge < -0.3 is 0 Å². The van der Waals surface area contributed by atoms with E-state index >= 15 is 0 Å². The molecule has 0 rings (SSSR count). The predicted molar refractivity (Wildman–Crippen MR) is 48.5 cm³/mol. The molecule has 0 N–H and O–H groups in total. The molecule has 0 aromatic rings. The molecule has 0 aromatic heterocycles. The first kappa shape index (κ1) is 11.3. The Bertz CT molecular complexity index is 37.5. The highest BCUT2D eigenvalue weighted by molar-refractivity contribution is 7.55. The highest BCUT2D eigenvalue weighted by Gasteiger charge is 1.87. The predicted octanol–water partition coefficient (Wildman–Crippen LogP) is 1.34. The second-order valence-corrected chi connectivity index (χ2v) is 4.76. The van der Waals surface area contributed by atoms with E-state index in [9.17, 15) is 0 Å². The molecule has 0 amide bonds. The summed E-state index contributed by atoms with van der Waals surface area (Å²) in [5.41, 5.74) is 0. The van der Waals surface area contributed by atoms with Crippen LogP contribution in [0.3, 0.4) is 0 Å². The van der Waals surface area contributed by atoms with Crippen molar-refractivity contribution >= 4 is 16.3 Å². The molecule has 0 aliphatic carbocycles. The summed E-state index contributed by atoms with van der Waals surface area (Å²) in [6.07, 6.45) is 4.26. The van der Waals surface area contributed by atoms with Crippen LogP contribution in [0.25, 0.3) is 0 Å². The molecule has 0 aliphatic rings. The minimum atomic E-state index is 0. The highest BCUT2D eigenvalue weighted by Crippen LogP contribution is 2.25. The van der Waals surface area contributed by atoms with Gasteiger partial charge in [-0.1, -0.05) is 13.3 Å². The second-order valence-electron chi connectivity index (χ2n) is 2.16. The SMILES string of the molecule is B.CCCCP(C)C. The average Bonchev–Trinajstić information content (AvgIpc) is 1.61. The van der Waals surface area contributed by atoms with Crippen molar-refractivity contribution in [1.82, 2.24) is 0 Å². The van der Waals surface area contributed by atoms with Gasteiger partial charge in [-0.15, -0.1) is 7.92 Å². The molecule has 0 aromatic carbocycles. The van der Waals surface area contributed by atoms with E-state index in [0.29, 0.717) is 7.92 Å². The van der Waals surface area contributed by atoms with Crippen molar-refractivity contribution in [3.63, 3.8) is 0 Å². The van der Waals surface area contributed by atoms with Gasteiger partial charge in [-0.05, 0) is 25.9 Å². The molecule has 0 fully saturated rings. The zero-order valence-corrected chi connectivity index (χ0v) is 6.46. The van der Waals surface area contributed by atoms with E-state index in [0.717, 1.165) is 0 Å². The van der Waals surface area contributed by atoms with E-state index in [1.807, 2.05) is 0 Å². The molecule has 0 spiro atoms. The van der Waals surface area contributed by atoms with Crippen LogP contribution >= 0.6 is 7.92 Å². The summed E-state index contributed by atoms with van der Waals surface area (Å²) in [4.78, 5) is 0. The molecule has 2 heteroatoms. The van der Waals surface area contributed by atoms with Gasteiger partial charge in [-0.2, -0.15) is 0 Å². The van der Waals surface area contributed by atoms with Gasteiger partial charge >= 0.3 is 0 Å². The maximum atomic E-state index is 2.34. The summed E-state index contributed by atoms with van der Waals surface area (Å²) in [5, 5.41) is 0. The Morgan fingerprint density at radius 1 is 1.25 bits per heavy atom. The summed E-state index contributed by atoms with van der Waals surface area (Å²) >= 11 is 0. The van der Waals surface area contributed by atoms with Crippen molar-refractivity contribution < 1.29 is 0 Å². The van der Waals surface area contributed by atoms with Crippen LogP contribution < -0.4 is 0 Å². The van der Waals surface area contributed by atoms with Crippen LogP contribution in [-0.2, 0) is 0 Å². The molecule has 0 unspecified atom stereocenters. The fourth-order valence-corrected chi connectivity index (χ4v) is 1.42. The number of rotatable bonds is 3. The van der Waals surface area contributed by atoms with Gasteiger partial charge in [0, 0.05) is 0 Å². The summed E-state index contributed by atoms with van der Waals surface area (Å²) < 4.78 is 0. The lowest BCUT2D eigenvalue weighted by atomic mass is 10.4. The Kier molecular flexibility index (Phi) is 10.6. The second kappa shape index (κ2) is 7.49. The smallest absolute Gasteiger partial charge is 0.0814 e. The third-order valence-electron chi connectivity index (χ3n) is 0.959. The first-order valence-electron chi connectivity index (χ1n) is 2.92. The van der Waals surface area contributed by atoms with Crippen molar-refractivity contribution in [3.05, 3.63) is 0 Å². The Balaban J connectivity index is 0. The normalized spacial score (nSPS) is 9.00. The van der Waals surface area contributed by atoms with Gasteiger partial charge in [0.1, 0.15) is 0 Å². The van der Waals surface area contributed by atoms with Crippen LogP contribution in [0.1, 0.15) is 19.8 Å². The molecular formula is C6H18BP. The van der Waals surface area contributed by atoms with Gasteiger partial charge in [0.25, 0.3) is 0 Å². The number of unbranched alkanes of at least 4 members (excludes halogenated alkanes) is 1.